The molecular formula is C16H24N2O2. The average Bonchev–Trinajstić information content (AvgIpc) is 2.63. The Morgan fingerprint density at radius 1 is 1.45 bits per heavy atom. The van der Waals surface area contributed by atoms with Crippen molar-refractivity contribution in [2.45, 2.75) is 44.7 Å². The van der Waals surface area contributed by atoms with Crippen LogP contribution in [0.3, 0.4) is 0 Å². The summed E-state index contributed by atoms with van der Waals surface area (Å²) in [5.74, 6) is 1.09. The topological polar surface area (TPSA) is 50.4 Å². The summed E-state index contributed by atoms with van der Waals surface area (Å²) >= 11 is 0. The Bertz CT molecular complexity index is 448. The van der Waals surface area contributed by atoms with E-state index in [0.29, 0.717) is 12.5 Å². The Labute approximate surface area is 120 Å². The fraction of sp³-hybridized carbons (Fsp3) is 0.562. The lowest BCUT2D eigenvalue weighted by Gasteiger charge is -2.22. The van der Waals surface area contributed by atoms with E-state index >= 15 is 0 Å². The number of rotatable bonds is 5. The standard InChI is InChI=1S/C16H24N2O2/c1-12(10-13-6-3-4-8-15(13)20-2)18-14-7-5-9-17-16(19)11-14/h3-4,6,8,12,14,18H,5,7,9-11H2,1-2H3,(H,17,19). The molecule has 1 aromatic rings. The zero-order valence-electron chi connectivity index (χ0n) is 12.3. The zero-order valence-corrected chi connectivity index (χ0v) is 12.3. The monoisotopic (exact) mass is 276 g/mol. The van der Waals surface area contributed by atoms with E-state index in [2.05, 4.69) is 23.6 Å². The Morgan fingerprint density at radius 2 is 2.25 bits per heavy atom. The normalized spacial score (nSPS) is 20.9. The van der Waals surface area contributed by atoms with Crippen molar-refractivity contribution in [3.05, 3.63) is 29.8 Å². The Hall–Kier alpha value is -1.55. The summed E-state index contributed by atoms with van der Waals surface area (Å²) in [5, 5.41) is 6.49. The lowest BCUT2D eigenvalue weighted by Crippen LogP contribution is -2.39. The highest BCUT2D eigenvalue weighted by Crippen LogP contribution is 2.19. The van der Waals surface area contributed by atoms with Gasteiger partial charge in [0.25, 0.3) is 0 Å². The van der Waals surface area contributed by atoms with Gasteiger partial charge in [0, 0.05) is 25.0 Å². The molecule has 0 radical (unpaired) electrons. The van der Waals surface area contributed by atoms with E-state index in [4.69, 9.17) is 4.74 Å². The third-order valence-electron chi connectivity index (χ3n) is 3.72. The Morgan fingerprint density at radius 3 is 3.05 bits per heavy atom. The van der Waals surface area contributed by atoms with Crippen molar-refractivity contribution in [2.75, 3.05) is 13.7 Å². The van der Waals surface area contributed by atoms with Crippen LogP contribution < -0.4 is 15.4 Å². The maximum Gasteiger partial charge on any atom is 0.221 e. The van der Waals surface area contributed by atoms with Crippen molar-refractivity contribution in [1.29, 1.82) is 0 Å². The first-order valence-corrected chi connectivity index (χ1v) is 7.33. The second-order valence-electron chi connectivity index (χ2n) is 5.48. The molecule has 0 saturated carbocycles. The van der Waals surface area contributed by atoms with Crippen LogP contribution in [0.15, 0.2) is 24.3 Å². The molecule has 1 aromatic carbocycles. The number of methoxy groups -OCH3 is 1. The van der Waals surface area contributed by atoms with Crippen LogP contribution in [0.4, 0.5) is 0 Å². The fourth-order valence-corrected chi connectivity index (χ4v) is 2.78. The van der Waals surface area contributed by atoms with Gasteiger partial charge in [-0.15, -0.1) is 0 Å². The van der Waals surface area contributed by atoms with Gasteiger partial charge >= 0.3 is 0 Å². The molecule has 2 atom stereocenters. The van der Waals surface area contributed by atoms with Gasteiger partial charge < -0.3 is 15.4 Å². The van der Waals surface area contributed by atoms with Crippen LogP contribution in [-0.2, 0) is 11.2 Å². The van der Waals surface area contributed by atoms with E-state index in [1.807, 2.05) is 18.2 Å². The lowest BCUT2D eigenvalue weighted by atomic mass is 10.0. The molecule has 2 rings (SSSR count). The first kappa shape index (κ1) is 14.9. The van der Waals surface area contributed by atoms with Gasteiger partial charge in [0.2, 0.25) is 5.91 Å². The van der Waals surface area contributed by atoms with Crippen LogP contribution in [0.25, 0.3) is 0 Å². The molecular weight excluding hydrogens is 252 g/mol. The molecule has 0 aliphatic carbocycles. The number of amides is 1. The molecule has 1 saturated heterocycles. The number of nitrogens with one attached hydrogen (secondary N) is 2. The summed E-state index contributed by atoms with van der Waals surface area (Å²) in [6.45, 7) is 2.97. The molecule has 110 valence electrons. The molecule has 1 fully saturated rings. The van der Waals surface area contributed by atoms with Gasteiger partial charge in [-0.05, 0) is 37.8 Å². The van der Waals surface area contributed by atoms with E-state index in [1.165, 1.54) is 5.56 Å². The second-order valence-corrected chi connectivity index (χ2v) is 5.48. The first-order valence-electron chi connectivity index (χ1n) is 7.33. The van der Waals surface area contributed by atoms with Gasteiger partial charge in [-0.3, -0.25) is 4.79 Å². The van der Waals surface area contributed by atoms with Gasteiger partial charge in [0.1, 0.15) is 5.75 Å². The molecule has 0 bridgehead atoms. The number of hydrogen-bond donors (Lipinski definition) is 2. The van der Waals surface area contributed by atoms with Gasteiger partial charge in [-0.25, -0.2) is 0 Å². The fourth-order valence-electron chi connectivity index (χ4n) is 2.78. The predicted molar refractivity (Wildman–Crippen MR) is 79.9 cm³/mol. The molecule has 1 heterocycles. The highest BCUT2D eigenvalue weighted by molar-refractivity contribution is 5.76. The summed E-state index contributed by atoms with van der Waals surface area (Å²) in [6, 6.07) is 8.70. The van der Waals surface area contributed by atoms with Crippen LogP contribution in [0, 0.1) is 0 Å². The van der Waals surface area contributed by atoms with Crippen LogP contribution >= 0.6 is 0 Å². The van der Waals surface area contributed by atoms with Gasteiger partial charge in [-0.1, -0.05) is 18.2 Å². The van der Waals surface area contributed by atoms with E-state index < -0.39 is 0 Å². The number of hydrogen-bond acceptors (Lipinski definition) is 3. The Kier molecular flexibility index (Phi) is 5.41. The number of para-hydroxylation sites is 1. The molecule has 2 N–H and O–H groups in total. The van der Waals surface area contributed by atoms with Crippen LogP contribution in [0.5, 0.6) is 5.75 Å². The third kappa shape index (κ3) is 4.23. The van der Waals surface area contributed by atoms with Crippen molar-refractivity contribution >= 4 is 5.91 Å². The molecule has 2 unspecified atom stereocenters. The quantitative estimate of drug-likeness (QED) is 0.863. The molecule has 1 aliphatic heterocycles. The Balaban J connectivity index is 1.91. The largest absolute Gasteiger partial charge is 0.496 e. The molecule has 1 amide bonds. The summed E-state index contributed by atoms with van der Waals surface area (Å²) in [6.07, 6.45) is 3.58. The SMILES string of the molecule is COc1ccccc1CC(C)NC1CCCNC(=O)C1. The predicted octanol–water partition coefficient (Wildman–Crippen LogP) is 1.88. The van der Waals surface area contributed by atoms with Crippen LogP contribution in [0.1, 0.15) is 31.7 Å². The van der Waals surface area contributed by atoms with Crippen molar-refractivity contribution in [1.82, 2.24) is 10.6 Å². The van der Waals surface area contributed by atoms with Crippen molar-refractivity contribution in [2.24, 2.45) is 0 Å². The van der Waals surface area contributed by atoms with E-state index in [0.717, 1.165) is 31.6 Å². The number of carbonyl (C=O) groups is 1. The second kappa shape index (κ2) is 7.29. The van der Waals surface area contributed by atoms with Gasteiger partial charge in [-0.2, -0.15) is 0 Å². The average molecular weight is 276 g/mol. The molecule has 0 spiro atoms. The third-order valence-corrected chi connectivity index (χ3v) is 3.72. The van der Waals surface area contributed by atoms with Crippen LogP contribution in [0.2, 0.25) is 0 Å². The van der Waals surface area contributed by atoms with Crippen molar-refractivity contribution < 1.29 is 9.53 Å². The summed E-state index contributed by atoms with van der Waals surface area (Å²) in [4.78, 5) is 11.6. The van der Waals surface area contributed by atoms with E-state index in [9.17, 15) is 4.79 Å². The zero-order chi connectivity index (χ0) is 14.4. The smallest absolute Gasteiger partial charge is 0.221 e. The van der Waals surface area contributed by atoms with Gasteiger partial charge in [0.15, 0.2) is 0 Å². The summed E-state index contributed by atoms with van der Waals surface area (Å²) in [5.41, 5.74) is 1.20. The van der Waals surface area contributed by atoms with Crippen molar-refractivity contribution in [3.63, 3.8) is 0 Å². The molecule has 20 heavy (non-hydrogen) atoms. The van der Waals surface area contributed by atoms with E-state index in [1.54, 1.807) is 7.11 Å². The summed E-state index contributed by atoms with van der Waals surface area (Å²) < 4.78 is 5.38. The first-order chi connectivity index (χ1) is 9.69. The molecule has 1 aliphatic rings. The molecule has 4 heteroatoms. The number of ether oxygens (including phenoxy) is 1. The lowest BCUT2D eigenvalue weighted by molar-refractivity contribution is -0.121. The van der Waals surface area contributed by atoms with E-state index in [-0.39, 0.29) is 11.9 Å². The van der Waals surface area contributed by atoms with Crippen LogP contribution in [-0.4, -0.2) is 31.6 Å². The number of benzene rings is 1. The number of carbonyl (C=O) groups excluding carboxylic acids is 1. The maximum absolute atomic E-state index is 11.6. The highest BCUT2D eigenvalue weighted by Gasteiger charge is 2.19. The minimum absolute atomic E-state index is 0.157. The highest BCUT2D eigenvalue weighted by atomic mass is 16.5. The minimum atomic E-state index is 0.157. The molecule has 0 aromatic heterocycles. The minimum Gasteiger partial charge on any atom is -0.496 e. The maximum atomic E-state index is 11.6. The van der Waals surface area contributed by atoms with Gasteiger partial charge in [0.05, 0.1) is 7.11 Å². The molecule has 4 nitrogen and oxygen atoms in total. The summed E-state index contributed by atoms with van der Waals surface area (Å²) in [7, 11) is 1.70. The van der Waals surface area contributed by atoms with Crippen molar-refractivity contribution in [3.8, 4) is 5.75 Å².